The van der Waals surface area contributed by atoms with E-state index < -0.39 is 11.2 Å². The number of rotatable bonds is 2. The molecule has 0 aromatic carbocycles. The fraction of sp³-hybridized carbons (Fsp3) is 0.583. The molecule has 0 spiro atoms. The molecule has 2 rings (SSSR count). The summed E-state index contributed by atoms with van der Waals surface area (Å²) in [4.78, 5) is 31.0. The van der Waals surface area contributed by atoms with Crippen LogP contribution in [0.5, 0.6) is 0 Å². The van der Waals surface area contributed by atoms with Gasteiger partial charge in [-0.15, -0.1) is 0 Å². The Balaban J connectivity index is 2.17. The van der Waals surface area contributed by atoms with Gasteiger partial charge in [0.25, 0.3) is 11.5 Å². The van der Waals surface area contributed by atoms with Crippen LogP contribution in [0.25, 0.3) is 0 Å². The third kappa shape index (κ3) is 2.59. The fourth-order valence-corrected chi connectivity index (χ4v) is 2.23. The summed E-state index contributed by atoms with van der Waals surface area (Å²) in [7, 11) is 0. The number of nitrogens with zero attached hydrogens (tertiary/aromatic N) is 2. The van der Waals surface area contributed by atoms with Gasteiger partial charge in [-0.2, -0.15) is 0 Å². The maximum atomic E-state index is 12.2. The number of piperidine rings is 1. The summed E-state index contributed by atoms with van der Waals surface area (Å²) in [5, 5.41) is 10.2. The van der Waals surface area contributed by atoms with Crippen LogP contribution in [0.4, 0.5) is 0 Å². The number of H-pyrrole nitrogens is 1. The van der Waals surface area contributed by atoms with Crippen molar-refractivity contribution in [1.82, 2.24) is 14.9 Å². The molecule has 0 unspecified atom stereocenters. The Kier molecular flexibility index (Phi) is 3.47. The Morgan fingerprint density at radius 2 is 2.39 bits per heavy atom. The minimum Gasteiger partial charge on any atom is -0.388 e. The Morgan fingerprint density at radius 3 is 3.06 bits per heavy atom. The standard InChI is InChI=1S/C12H17N3O3/c1-2-12(18)4-3-5-15(8-12)11(17)9-6-13-7-10(16)14-9/h6-7,18H,2-5,8H2,1H3,(H,14,16)/t12-/m0/s1. The normalized spacial score (nSPS) is 24.0. The highest BCUT2D eigenvalue weighted by atomic mass is 16.3. The van der Waals surface area contributed by atoms with E-state index in [1.54, 1.807) is 4.90 Å². The van der Waals surface area contributed by atoms with Crippen LogP contribution >= 0.6 is 0 Å². The number of aliphatic hydroxyl groups is 1. The van der Waals surface area contributed by atoms with Gasteiger partial charge in [0.15, 0.2) is 0 Å². The first-order valence-corrected chi connectivity index (χ1v) is 6.10. The molecule has 0 bridgehead atoms. The lowest BCUT2D eigenvalue weighted by molar-refractivity contribution is -0.0271. The van der Waals surface area contributed by atoms with E-state index >= 15 is 0 Å². The lowest BCUT2D eigenvalue weighted by Gasteiger charge is -2.38. The van der Waals surface area contributed by atoms with Gasteiger partial charge in [0.1, 0.15) is 5.69 Å². The van der Waals surface area contributed by atoms with E-state index in [0.29, 0.717) is 25.9 Å². The van der Waals surface area contributed by atoms with Crippen molar-refractivity contribution in [1.29, 1.82) is 0 Å². The highest BCUT2D eigenvalue weighted by molar-refractivity contribution is 5.92. The highest BCUT2D eigenvalue weighted by Gasteiger charge is 2.34. The molecule has 0 saturated carbocycles. The number of aromatic nitrogens is 2. The largest absolute Gasteiger partial charge is 0.388 e. The zero-order valence-corrected chi connectivity index (χ0v) is 10.3. The van der Waals surface area contributed by atoms with Gasteiger partial charge in [-0.3, -0.25) is 14.6 Å². The molecule has 1 aliphatic rings. The number of nitrogens with one attached hydrogen (secondary N) is 1. The van der Waals surface area contributed by atoms with E-state index in [4.69, 9.17) is 0 Å². The number of amides is 1. The molecular weight excluding hydrogens is 234 g/mol. The van der Waals surface area contributed by atoms with Gasteiger partial charge in [-0.05, 0) is 19.3 Å². The van der Waals surface area contributed by atoms with Crippen LogP contribution in [0, 0.1) is 0 Å². The summed E-state index contributed by atoms with van der Waals surface area (Å²) < 4.78 is 0. The Hall–Kier alpha value is -1.69. The molecule has 2 N–H and O–H groups in total. The first-order valence-electron chi connectivity index (χ1n) is 6.10. The molecule has 18 heavy (non-hydrogen) atoms. The van der Waals surface area contributed by atoms with Crippen LogP contribution in [0.1, 0.15) is 36.7 Å². The molecule has 1 saturated heterocycles. The van der Waals surface area contributed by atoms with Crippen LogP contribution < -0.4 is 5.56 Å². The molecule has 6 nitrogen and oxygen atoms in total. The molecule has 6 heteroatoms. The zero-order valence-electron chi connectivity index (χ0n) is 10.3. The smallest absolute Gasteiger partial charge is 0.272 e. The molecule has 1 aromatic heterocycles. The molecule has 98 valence electrons. The predicted molar refractivity (Wildman–Crippen MR) is 65.2 cm³/mol. The average molecular weight is 251 g/mol. The van der Waals surface area contributed by atoms with Crippen LogP contribution in [-0.4, -0.2) is 44.6 Å². The second-order valence-electron chi connectivity index (χ2n) is 4.72. The predicted octanol–water partition coefficient (Wildman–Crippen LogP) is 0.147. The van der Waals surface area contributed by atoms with Gasteiger partial charge >= 0.3 is 0 Å². The number of aromatic amines is 1. The van der Waals surface area contributed by atoms with Crippen molar-refractivity contribution in [2.75, 3.05) is 13.1 Å². The highest BCUT2D eigenvalue weighted by Crippen LogP contribution is 2.24. The molecular formula is C12H17N3O3. The number of hydrogen-bond acceptors (Lipinski definition) is 4. The minimum atomic E-state index is -0.809. The van der Waals surface area contributed by atoms with Crippen LogP contribution in [0.15, 0.2) is 17.2 Å². The molecule has 1 atom stereocenters. The number of carbonyl (C=O) groups is 1. The van der Waals surface area contributed by atoms with E-state index in [9.17, 15) is 14.7 Å². The Bertz CT molecular complexity index is 499. The summed E-state index contributed by atoms with van der Waals surface area (Å²) in [5.74, 6) is -0.285. The molecule has 1 fully saturated rings. The van der Waals surface area contributed by atoms with Gasteiger partial charge in [0.2, 0.25) is 0 Å². The van der Waals surface area contributed by atoms with Crippen molar-refractivity contribution in [3.8, 4) is 0 Å². The number of likely N-dealkylation sites (tertiary alicyclic amines) is 1. The summed E-state index contributed by atoms with van der Waals surface area (Å²) in [6.07, 6.45) is 4.54. The number of carbonyl (C=O) groups excluding carboxylic acids is 1. The van der Waals surface area contributed by atoms with Gasteiger partial charge in [0, 0.05) is 13.1 Å². The second kappa shape index (κ2) is 4.89. The summed E-state index contributed by atoms with van der Waals surface area (Å²) in [6, 6.07) is 0. The first kappa shape index (κ1) is 12.8. The molecule has 0 radical (unpaired) electrons. The lowest BCUT2D eigenvalue weighted by Crippen LogP contribution is -2.50. The Morgan fingerprint density at radius 1 is 1.61 bits per heavy atom. The molecule has 2 heterocycles. The van der Waals surface area contributed by atoms with Crippen molar-refractivity contribution in [2.24, 2.45) is 0 Å². The molecule has 1 aliphatic heterocycles. The summed E-state index contributed by atoms with van der Waals surface area (Å²) in [5.41, 5.74) is -1.04. The first-order chi connectivity index (χ1) is 8.54. The van der Waals surface area contributed by atoms with Gasteiger partial charge in [-0.1, -0.05) is 6.92 Å². The minimum absolute atomic E-state index is 0.169. The van der Waals surface area contributed by atoms with Crippen molar-refractivity contribution < 1.29 is 9.90 Å². The van der Waals surface area contributed by atoms with E-state index in [-0.39, 0.29) is 11.6 Å². The lowest BCUT2D eigenvalue weighted by atomic mass is 9.90. The van der Waals surface area contributed by atoms with E-state index in [1.807, 2.05) is 6.92 Å². The quantitative estimate of drug-likeness (QED) is 0.783. The van der Waals surface area contributed by atoms with E-state index in [1.165, 1.54) is 6.20 Å². The third-order valence-electron chi connectivity index (χ3n) is 3.38. The number of β-amino-alcohol motifs (C(OH)–C–C–N with tert-alkyl or cyclic N) is 1. The molecule has 1 aromatic rings. The average Bonchev–Trinajstić information content (AvgIpc) is 2.38. The maximum Gasteiger partial charge on any atom is 0.272 e. The number of hydrogen-bond donors (Lipinski definition) is 2. The third-order valence-corrected chi connectivity index (χ3v) is 3.38. The SMILES string of the molecule is CC[C@]1(O)CCCN(C(=O)c2cncc(=O)[nH]2)C1. The topological polar surface area (TPSA) is 86.3 Å². The summed E-state index contributed by atoms with van der Waals surface area (Å²) in [6.45, 7) is 2.80. The zero-order chi connectivity index (χ0) is 13.2. The fourth-order valence-electron chi connectivity index (χ4n) is 2.23. The van der Waals surface area contributed by atoms with Crippen molar-refractivity contribution in [3.63, 3.8) is 0 Å². The van der Waals surface area contributed by atoms with E-state index in [2.05, 4.69) is 9.97 Å². The van der Waals surface area contributed by atoms with Crippen molar-refractivity contribution in [3.05, 3.63) is 28.4 Å². The Labute approximate surface area is 105 Å². The van der Waals surface area contributed by atoms with Gasteiger partial charge < -0.3 is 15.0 Å². The van der Waals surface area contributed by atoms with Gasteiger partial charge in [0.05, 0.1) is 18.0 Å². The second-order valence-corrected chi connectivity index (χ2v) is 4.72. The van der Waals surface area contributed by atoms with Gasteiger partial charge in [-0.25, -0.2) is 0 Å². The molecule has 1 amide bonds. The van der Waals surface area contributed by atoms with Crippen LogP contribution in [-0.2, 0) is 0 Å². The van der Waals surface area contributed by atoms with Crippen molar-refractivity contribution in [2.45, 2.75) is 31.8 Å². The maximum absolute atomic E-state index is 12.2. The monoisotopic (exact) mass is 251 g/mol. The summed E-state index contributed by atoms with van der Waals surface area (Å²) >= 11 is 0. The van der Waals surface area contributed by atoms with E-state index in [0.717, 1.165) is 12.6 Å². The van der Waals surface area contributed by atoms with Crippen molar-refractivity contribution >= 4 is 5.91 Å². The van der Waals surface area contributed by atoms with Crippen LogP contribution in [0.3, 0.4) is 0 Å². The van der Waals surface area contributed by atoms with Crippen LogP contribution in [0.2, 0.25) is 0 Å². The molecule has 0 aliphatic carbocycles.